The highest BCUT2D eigenvalue weighted by molar-refractivity contribution is 7.98. The van der Waals surface area contributed by atoms with Gasteiger partial charge in [0.2, 0.25) is 0 Å². The van der Waals surface area contributed by atoms with Crippen LogP contribution in [0.2, 0.25) is 0 Å². The topological polar surface area (TPSA) is 47.0 Å². The summed E-state index contributed by atoms with van der Waals surface area (Å²) in [5.74, 6) is 0.640. The van der Waals surface area contributed by atoms with Gasteiger partial charge in [0.15, 0.2) is 0 Å². The van der Waals surface area contributed by atoms with Gasteiger partial charge >= 0.3 is 0 Å². The quantitative estimate of drug-likeness (QED) is 0.792. The third-order valence-electron chi connectivity index (χ3n) is 5.74. The standard InChI is InChI=1S/C20H31N3O2S/c1-21-8-5-9-22(11-10-21)12-16-13-23(14-17(16)15-24)20(25)18-6-3-4-7-19(18)26-2/h3-4,6-7,16-17,24H,5,8-15H2,1-2H3. The number of hydrogen-bond donors (Lipinski definition) is 1. The lowest BCUT2D eigenvalue weighted by atomic mass is 9.96. The van der Waals surface area contributed by atoms with Crippen LogP contribution in [0.25, 0.3) is 0 Å². The molecule has 0 aromatic heterocycles. The minimum Gasteiger partial charge on any atom is -0.396 e. The molecule has 26 heavy (non-hydrogen) atoms. The first-order chi connectivity index (χ1) is 12.6. The second-order valence-electron chi connectivity index (χ2n) is 7.57. The van der Waals surface area contributed by atoms with Crippen molar-refractivity contribution in [2.75, 3.05) is 65.7 Å². The van der Waals surface area contributed by atoms with Gasteiger partial charge in [-0.25, -0.2) is 0 Å². The van der Waals surface area contributed by atoms with Crippen molar-refractivity contribution in [1.29, 1.82) is 0 Å². The van der Waals surface area contributed by atoms with Gasteiger partial charge < -0.3 is 19.8 Å². The van der Waals surface area contributed by atoms with E-state index in [-0.39, 0.29) is 18.4 Å². The zero-order valence-electron chi connectivity index (χ0n) is 15.9. The van der Waals surface area contributed by atoms with Gasteiger partial charge in [-0.05, 0) is 50.9 Å². The summed E-state index contributed by atoms with van der Waals surface area (Å²) in [5, 5.41) is 9.87. The maximum atomic E-state index is 13.0. The minimum absolute atomic E-state index is 0.103. The maximum Gasteiger partial charge on any atom is 0.255 e. The first kappa shape index (κ1) is 19.7. The van der Waals surface area contributed by atoms with Gasteiger partial charge in [0.25, 0.3) is 5.91 Å². The molecule has 2 fully saturated rings. The molecule has 5 nitrogen and oxygen atoms in total. The lowest BCUT2D eigenvalue weighted by Gasteiger charge is -2.26. The van der Waals surface area contributed by atoms with Crippen LogP contribution in [0.15, 0.2) is 29.2 Å². The molecule has 1 aromatic carbocycles. The summed E-state index contributed by atoms with van der Waals surface area (Å²) in [5.41, 5.74) is 0.786. The molecule has 2 heterocycles. The molecule has 2 unspecified atom stereocenters. The van der Waals surface area contributed by atoms with E-state index in [0.29, 0.717) is 12.5 Å². The Bertz CT molecular complexity index is 612. The smallest absolute Gasteiger partial charge is 0.255 e. The van der Waals surface area contributed by atoms with Gasteiger partial charge in [-0.3, -0.25) is 4.79 Å². The van der Waals surface area contributed by atoms with E-state index in [1.807, 2.05) is 35.4 Å². The predicted molar refractivity (Wildman–Crippen MR) is 107 cm³/mol. The zero-order chi connectivity index (χ0) is 18.5. The van der Waals surface area contributed by atoms with Crippen molar-refractivity contribution >= 4 is 17.7 Å². The zero-order valence-corrected chi connectivity index (χ0v) is 16.7. The molecule has 1 amide bonds. The van der Waals surface area contributed by atoms with Gasteiger partial charge in [-0.2, -0.15) is 0 Å². The molecule has 2 atom stereocenters. The molecule has 0 bridgehead atoms. The van der Waals surface area contributed by atoms with E-state index in [2.05, 4.69) is 16.8 Å². The number of benzene rings is 1. The molecule has 1 N–H and O–H groups in total. The molecule has 0 spiro atoms. The lowest BCUT2D eigenvalue weighted by Crippen LogP contribution is -2.36. The second kappa shape index (κ2) is 9.22. The number of nitrogens with zero attached hydrogens (tertiary/aromatic N) is 3. The van der Waals surface area contributed by atoms with E-state index in [1.54, 1.807) is 11.8 Å². The number of likely N-dealkylation sites (tertiary alicyclic amines) is 1. The van der Waals surface area contributed by atoms with Gasteiger partial charge in [0.05, 0.1) is 5.56 Å². The van der Waals surface area contributed by atoms with E-state index in [9.17, 15) is 9.90 Å². The second-order valence-corrected chi connectivity index (χ2v) is 8.42. The Morgan fingerprint density at radius 2 is 1.92 bits per heavy atom. The van der Waals surface area contributed by atoms with E-state index >= 15 is 0 Å². The third-order valence-corrected chi connectivity index (χ3v) is 6.54. The average Bonchev–Trinajstić information content (AvgIpc) is 2.96. The van der Waals surface area contributed by atoms with Crippen LogP contribution < -0.4 is 0 Å². The summed E-state index contributed by atoms with van der Waals surface area (Å²) in [4.78, 5) is 20.9. The first-order valence-corrected chi connectivity index (χ1v) is 10.8. The Balaban J connectivity index is 1.65. The van der Waals surface area contributed by atoms with Gasteiger partial charge in [0, 0.05) is 50.1 Å². The van der Waals surface area contributed by atoms with Crippen LogP contribution in [0.5, 0.6) is 0 Å². The number of carbonyl (C=O) groups excluding carboxylic acids is 1. The summed E-state index contributed by atoms with van der Waals surface area (Å²) in [6, 6.07) is 7.82. The van der Waals surface area contributed by atoms with Crippen molar-refractivity contribution in [3.8, 4) is 0 Å². The average molecular weight is 378 g/mol. The molecule has 1 aromatic rings. The van der Waals surface area contributed by atoms with Crippen molar-refractivity contribution in [2.45, 2.75) is 11.3 Å². The molecular formula is C20H31N3O2S. The molecule has 3 rings (SSSR count). The lowest BCUT2D eigenvalue weighted by molar-refractivity contribution is 0.0775. The fourth-order valence-corrected chi connectivity index (χ4v) is 4.71. The number of aliphatic hydroxyl groups is 1. The van der Waals surface area contributed by atoms with Gasteiger partial charge in [0.1, 0.15) is 0 Å². The molecule has 2 aliphatic heterocycles. The van der Waals surface area contributed by atoms with E-state index in [0.717, 1.165) is 49.7 Å². The monoisotopic (exact) mass is 377 g/mol. The third kappa shape index (κ3) is 4.60. The molecular weight excluding hydrogens is 346 g/mol. The Morgan fingerprint density at radius 1 is 1.15 bits per heavy atom. The summed E-state index contributed by atoms with van der Waals surface area (Å²) in [6.45, 7) is 6.99. The van der Waals surface area contributed by atoms with Crippen LogP contribution in [0.3, 0.4) is 0 Å². The SMILES string of the molecule is CSc1ccccc1C(=O)N1CC(CO)C(CN2CCCN(C)CC2)C1. The Morgan fingerprint density at radius 3 is 2.69 bits per heavy atom. The molecule has 6 heteroatoms. The van der Waals surface area contributed by atoms with Crippen LogP contribution in [0.4, 0.5) is 0 Å². The van der Waals surface area contributed by atoms with E-state index < -0.39 is 0 Å². The number of thioether (sulfide) groups is 1. The van der Waals surface area contributed by atoms with Crippen molar-refractivity contribution in [1.82, 2.24) is 14.7 Å². The molecule has 0 aliphatic carbocycles. The van der Waals surface area contributed by atoms with Crippen LogP contribution in [0.1, 0.15) is 16.8 Å². The van der Waals surface area contributed by atoms with Gasteiger partial charge in [-0.1, -0.05) is 12.1 Å². The normalized spacial score (nSPS) is 25.4. The van der Waals surface area contributed by atoms with Crippen molar-refractivity contribution < 1.29 is 9.90 Å². The Hall–Kier alpha value is -1.08. The molecule has 2 aliphatic rings. The number of amides is 1. The summed E-state index contributed by atoms with van der Waals surface area (Å²) in [7, 11) is 2.18. The summed E-state index contributed by atoms with van der Waals surface area (Å²) in [6.07, 6.45) is 3.20. The highest BCUT2D eigenvalue weighted by atomic mass is 32.2. The number of carbonyl (C=O) groups is 1. The summed E-state index contributed by atoms with van der Waals surface area (Å²) >= 11 is 1.61. The number of hydrogen-bond acceptors (Lipinski definition) is 5. The highest BCUT2D eigenvalue weighted by Crippen LogP contribution is 2.28. The fraction of sp³-hybridized carbons (Fsp3) is 0.650. The first-order valence-electron chi connectivity index (χ1n) is 9.56. The number of rotatable bonds is 5. The summed E-state index contributed by atoms with van der Waals surface area (Å²) < 4.78 is 0. The minimum atomic E-state index is 0.103. The number of likely N-dealkylation sites (N-methyl/N-ethyl adjacent to an activating group) is 1. The van der Waals surface area contributed by atoms with Gasteiger partial charge in [-0.15, -0.1) is 11.8 Å². The van der Waals surface area contributed by atoms with E-state index in [1.165, 1.54) is 6.42 Å². The van der Waals surface area contributed by atoms with Crippen LogP contribution in [-0.4, -0.2) is 91.4 Å². The molecule has 2 saturated heterocycles. The molecule has 144 valence electrons. The van der Waals surface area contributed by atoms with Crippen molar-refractivity contribution in [3.05, 3.63) is 29.8 Å². The number of aliphatic hydroxyl groups excluding tert-OH is 1. The highest BCUT2D eigenvalue weighted by Gasteiger charge is 2.36. The van der Waals surface area contributed by atoms with Crippen molar-refractivity contribution in [2.24, 2.45) is 11.8 Å². The molecule has 0 radical (unpaired) electrons. The van der Waals surface area contributed by atoms with Crippen LogP contribution in [-0.2, 0) is 0 Å². The molecule has 0 saturated carbocycles. The van der Waals surface area contributed by atoms with E-state index in [4.69, 9.17) is 0 Å². The largest absolute Gasteiger partial charge is 0.396 e. The van der Waals surface area contributed by atoms with Crippen LogP contribution >= 0.6 is 11.8 Å². The predicted octanol–water partition coefficient (Wildman–Crippen LogP) is 1.73. The Labute approximate surface area is 161 Å². The Kier molecular flexibility index (Phi) is 6.98. The van der Waals surface area contributed by atoms with Crippen LogP contribution in [0, 0.1) is 11.8 Å². The van der Waals surface area contributed by atoms with Crippen molar-refractivity contribution in [3.63, 3.8) is 0 Å². The fourth-order valence-electron chi connectivity index (χ4n) is 4.12. The maximum absolute atomic E-state index is 13.0.